The number of amidine groups is 1. The van der Waals surface area contributed by atoms with E-state index in [2.05, 4.69) is 10.4 Å². The van der Waals surface area contributed by atoms with Gasteiger partial charge in [-0.25, -0.2) is 9.48 Å². The summed E-state index contributed by atoms with van der Waals surface area (Å²) >= 11 is 1.42. The van der Waals surface area contributed by atoms with Crippen LogP contribution < -0.4 is 15.8 Å². The fourth-order valence-electron chi connectivity index (χ4n) is 3.49. The number of nitrogens with two attached hydrogens (primary N) is 1. The van der Waals surface area contributed by atoms with Crippen molar-refractivity contribution in [1.29, 1.82) is 5.41 Å². The largest absolute Gasteiger partial charge is 0.481 e. The zero-order valence-corrected chi connectivity index (χ0v) is 22.5. The average Bonchev–Trinajstić information content (AvgIpc) is 3.53. The molecule has 202 valence electrons. The Morgan fingerprint density at radius 3 is 2.55 bits per heavy atom. The Morgan fingerprint density at radius 2 is 1.89 bits per heavy atom. The standard InChI is InChI=1S/C24H25N5O4S.C2H6.CH2O/c1-15-12-22(29(28-15)10-11-30)27-24(31)32-14-19(16-6-3-2-4-7-16)33-18-8-5-9-20-17(18)13-21(34-20)23(25)26;2*1-2/h2-9,12-13,19,30H,10-11,14H2,1H3,(H3,25,26)(H,27,31);1-2H3;1H2. The summed E-state index contributed by atoms with van der Waals surface area (Å²) in [7, 11) is 0. The van der Waals surface area contributed by atoms with Gasteiger partial charge in [-0.15, -0.1) is 11.3 Å². The molecule has 0 fully saturated rings. The van der Waals surface area contributed by atoms with Crippen LogP contribution in [0, 0.1) is 12.3 Å². The molecule has 0 saturated heterocycles. The van der Waals surface area contributed by atoms with Crippen LogP contribution in [-0.2, 0) is 16.1 Å². The van der Waals surface area contributed by atoms with Gasteiger partial charge in [-0.3, -0.25) is 10.7 Å². The van der Waals surface area contributed by atoms with Gasteiger partial charge in [0.15, 0.2) is 6.10 Å². The first-order valence-electron chi connectivity index (χ1n) is 11.9. The number of nitrogens with one attached hydrogen (secondary N) is 2. The summed E-state index contributed by atoms with van der Waals surface area (Å²) in [6.07, 6.45) is -1.22. The van der Waals surface area contributed by atoms with Crippen molar-refractivity contribution in [1.82, 2.24) is 9.78 Å². The van der Waals surface area contributed by atoms with Crippen LogP contribution in [0.4, 0.5) is 10.6 Å². The van der Waals surface area contributed by atoms with Crippen molar-refractivity contribution in [2.75, 3.05) is 18.5 Å². The summed E-state index contributed by atoms with van der Waals surface area (Å²) in [6, 6.07) is 18.7. The van der Waals surface area contributed by atoms with Gasteiger partial charge in [0.1, 0.15) is 30.8 Å². The van der Waals surface area contributed by atoms with Gasteiger partial charge in [-0.2, -0.15) is 5.10 Å². The van der Waals surface area contributed by atoms with Crippen LogP contribution in [0.3, 0.4) is 0 Å². The van der Waals surface area contributed by atoms with Crippen LogP contribution in [0.25, 0.3) is 10.1 Å². The first-order valence-corrected chi connectivity index (χ1v) is 12.7. The van der Waals surface area contributed by atoms with Gasteiger partial charge in [0.05, 0.1) is 23.7 Å². The molecule has 0 aliphatic rings. The summed E-state index contributed by atoms with van der Waals surface area (Å²) < 4.78 is 14.3. The van der Waals surface area contributed by atoms with Gasteiger partial charge < -0.3 is 25.1 Å². The van der Waals surface area contributed by atoms with E-state index in [0.29, 0.717) is 22.1 Å². The number of ether oxygens (including phenoxy) is 2. The minimum absolute atomic E-state index is 0.00226. The van der Waals surface area contributed by atoms with Crippen LogP contribution in [0.1, 0.15) is 36.1 Å². The first kappa shape index (κ1) is 30.0. The number of fused-ring (bicyclic) bond motifs is 1. The Bertz CT molecular complexity index is 1320. The molecule has 2 heterocycles. The summed E-state index contributed by atoms with van der Waals surface area (Å²) in [5, 5.41) is 24.7. The van der Waals surface area contributed by atoms with Crippen molar-refractivity contribution in [2.45, 2.75) is 33.4 Å². The van der Waals surface area contributed by atoms with Crippen molar-refractivity contribution < 1.29 is 24.2 Å². The van der Waals surface area contributed by atoms with Gasteiger partial charge >= 0.3 is 6.09 Å². The summed E-state index contributed by atoms with van der Waals surface area (Å²) in [6.45, 7) is 7.91. The second-order valence-corrected chi connectivity index (χ2v) is 8.63. The van der Waals surface area contributed by atoms with Crippen molar-refractivity contribution in [2.24, 2.45) is 5.73 Å². The van der Waals surface area contributed by atoms with E-state index in [4.69, 9.17) is 25.4 Å². The number of aliphatic hydroxyl groups excluding tert-OH is 1. The maximum Gasteiger partial charge on any atom is 0.412 e. The van der Waals surface area contributed by atoms with Gasteiger partial charge in [-0.1, -0.05) is 50.2 Å². The second kappa shape index (κ2) is 15.1. The summed E-state index contributed by atoms with van der Waals surface area (Å²) in [4.78, 5) is 21.2. The lowest BCUT2D eigenvalue weighted by atomic mass is 10.1. The minimum Gasteiger partial charge on any atom is -0.481 e. The molecule has 2 aromatic carbocycles. The van der Waals surface area contributed by atoms with Crippen LogP contribution in [0.15, 0.2) is 60.7 Å². The zero-order chi connectivity index (χ0) is 28.1. The molecule has 1 atom stereocenters. The highest BCUT2D eigenvalue weighted by molar-refractivity contribution is 7.20. The molecule has 0 aliphatic heterocycles. The first-order chi connectivity index (χ1) is 18.4. The lowest BCUT2D eigenvalue weighted by Gasteiger charge is -2.20. The molecule has 11 heteroatoms. The van der Waals surface area contributed by atoms with E-state index >= 15 is 0 Å². The van der Waals surface area contributed by atoms with Gasteiger partial charge in [0.25, 0.3) is 0 Å². The van der Waals surface area contributed by atoms with E-state index in [1.165, 1.54) is 16.0 Å². The van der Waals surface area contributed by atoms with Crippen molar-refractivity contribution in [3.8, 4) is 5.75 Å². The highest BCUT2D eigenvalue weighted by atomic mass is 32.1. The SMILES string of the molecule is C=O.CC.Cc1cc(NC(=O)OCC(Oc2cccc3sc(C(=N)N)cc23)c2ccccc2)n(CCO)n1. The number of thiophene rings is 1. The van der Waals surface area contributed by atoms with Gasteiger partial charge in [0, 0.05) is 16.2 Å². The lowest BCUT2D eigenvalue weighted by Crippen LogP contribution is -2.22. The lowest BCUT2D eigenvalue weighted by molar-refractivity contribution is -0.0980. The molecule has 1 amide bonds. The van der Waals surface area contributed by atoms with E-state index in [0.717, 1.165) is 15.6 Å². The Balaban J connectivity index is 0.00000121. The number of hydrogen-bond donors (Lipinski definition) is 4. The average molecular weight is 540 g/mol. The van der Waals surface area contributed by atoms with Crippen LogP contribution in [0.5, 0.6) is 5.75 Å². The monoisotopic (exact) mass is 539 g/mol. The van der Waals surface area contributed by atoms with Crippen LogP contribution >= 0.6 is 11.3 Å². The Morgan fingerprint density at radius 1 is 1.18 bits per heavy atom. The topological polar surface area (TPSA) is 153 Å². The number of rotatable bonds is 9. The van der Waals surface area contributed by atoms with Crippen molar-refractivity contribution in [3.05, 3.63) is 76.8 Å². The Labute approximate surface area is 225 Å². The number of hydrogen-bond acceptors (Lipinski definition) is 8. The predicted octanol–water partition coefficient (Wildman–Crippen LogP) is 4.89. The van der Waals surface area contributed by atoms with E-state index in [1.807, 2.05) is 75.2 Å². The second-order valence-electron chi connectivity index (χ2n) is 7.55. The van der Waals surface area contributed by atoms with Crippen molar-refractivity contribution >= 4 is 46.0 Å². The molecule has 4 aromatic rings. The molecule has 4 rings (SSSR count). The quantitative estimate of drug-likeness (QED) is 0.174. The maximum atomic E-state index is 12.5. The molecule has 0 spiro atoms. The number of benzene rings is 2. The number of aryl methyl sites for hydroxylation is 1. The third kappa shape index (κ3) is 7.89. The molecular formula is C27H33N5O5S. The van der Waals surface area contributed by atoms with Gasteiger partial charge in [0.2, 0.25) is 0 Å². The van der Waals surface area contributed by atoms with Crippen LogP contribution in [-0.4, -0.2) is 46.8 Å². The molecule has 2 aromatic heterocycles. The number of aromatic nitrogens is 2. The zero-order valence-electron chi connectivity index (χ0n) is 21.6. The van der Waals surface area contributed by atoms with E-state index in [-0.39, 0.29) is 25.6 Å². The molecule has 1 unspecified atom stereocenters. The molecule has 0 radical (unpaired) electrons. The molecule has 0 bridgehead atoms. The number of amides is 1. The molecule has 0 aliphatic carbocycles. The fraction of sp³-hybridized carbons (Fsp3) is 0.259. The highest BCUT2D eigenvalue weighted by Gasteiger charge is 2.19. The Hall–Kier alpha value is -4.22. The number of nitrogen functional groups attached to an aromatic ring is 1. The summed E-state index contributed by atoms with van der Waals surface area (Å²) in [5.74, 6) is 1.05. The smallest absolute Gasteiger partial charge is 0.412 e. The highest BCUT2D eigenvalue weighted by Crippen LogP contribution is 2.35. The molecule has 10 nitrogen and oxygen atoms in total. The molecule has 0 saturated carbocycles. The third-order valence-electron chi connectivity index (χ3n) is 5.04. The van der Waals surface area contributed by atoms with Crippen LogP contribution in [0.2, 0.25) is 0 Å². The number of carbonyl (C=O) groups is 2. The predicted molar refractivity (Wildman–Crippen MR) is 150 cm³/mol. The van der Waals surface area contributed by atoms with E-state index in [9.17, 15) is 9.90 Å². The fourth-order valence-corrected chi connectivity index (χ4v) is 4.43. The number of anilines is 1. The molecular weight excluding hydrogens is 506 g/mol. The third-order valence-corrected chi connectivity index (χ3v) is 6.17. The minimum atomic E-state index is -0.656. The molecule has 5 N–H and O–H groups in total. The molecule has 38 heavy (non-hydrogen) atoms. The maximum absolute atomic E-state index is 12.5. The van der Waals surface area contributed by atoms with Gasteiger partial charge in [-0.05, 0) is 30.7 Å². The number of aliphatic hydroxyl groups is 1. The van der Waals surface area contributed by atoms with E-state index in [1.54, 1.807) is 13.0 Å². The number of carbonyl (C=O) groups excluding carboxylic acids is 2. The normalized spacial score (nSPS) is 10.8. The number of nitrogens with zero attached hydrogens (tertiary/aromatic N) is 2. The van der Waals surface area contributed by atoms with E-state index < -0.39 is 12.2 Å². The summed E-state index contributed by atoms with van der Waals surface area (Å²) in [5.41, 5.74) is 7.22. The Kier molecular flexibility index (Phi) is 11.9. The van der Waals surface area contributed by atoms with Crippen molar-refractivity contribution in [3.63, 3.8) is 0 Å².